The van der Waals surface area contributed by atoms with E-state index in [9.17, 15) is 29.2 Å². The third-order valence-electron chi connectivity index (χ3n) is 13.7. The first-order valence-electron chi connectivity index (χ1n) is 20.8. The summed E-state index contributed by atoms with van der Waals surface area (Å²) in [6.45, 7) is 10.2. The number of nitrogens with zero attached hydrogens (tertiary/aromatic N) is 6. The van der Waals surface area contributed by atoms with Crippen LogP contribution in [-0.2, 0) is 9.59 Å². The van der Waals surface area contributed by atoms with Gasteiger partial charge in [-0.3, -0.25) is 34.2 Å². The fourth-order valence-electron chi connectivity index (χ4n) is 10.5. The van der Waals surface area contributed by atoms with Gasteiger partial charge in [-0.15, -0.1) is 0 Å². The molecule has 1 unspecified atom stereocenters. The number of anilines is 3. The van der Waals surface area contributed by atoms with E-state index in [1.807, 2.05) is 41.3 Å². The van der Waals surface area contributed by atoms with Crippen molar-refractivity contribution >= 4 is 58.2 Å². The highest BCUT2D eigenvalue weighted by atomic mass is 35.5. The Labute approximate surface area is 349 Å². The van der Waals surface area contributed by atoms with Crippen LogP contribution in [-0.4, -0.2) is 109 Å². The van der Waals surface area contributed by atoms with E-state index in [0.29, 0.717) is 35.3 Å². The van der Waals surface area contributed by atoms with Gasteiger partial charge in [-0.1, -0.05) is 11.6 Å². The zero-order valence-electron chi connectivity index (χ0n) is 33.5. The molecule has 3 aromatic carbocycles. The molecule has 9 rings (SSSR count). The number of rotatable bonds is 7. The average molecular weight is 817 g/mol. The lowest BCUT2D eigenvalue weighted by atomic mass is 9.76. The number of halogens is 1. The van der Waals surface area contributed by atoms with Crippen molar-refractivity contribution in [3.63, 3.8) is 0 Å². The molecule has 0 saturated carbocycles. The van der Waals surface area contributed by atoms with Crippen LogP contribution >= 0.6 is 11.6 Å². The van der Waals surface area contributed by atoms with Gasteiger partial charge < -0.3 is 24.9 Å². The van der Waals surface area contributed by atoms with E-state index >= 15 is 0 Å². The number of nitrogens with one attached hydrogen (secondary N) is 2. The van der Waals surface area contributed by atoms with Crippen LogP contribution in [0, 0.1) is 16.7 Å². The van der Waals surface area contributed by atoms with Gasteiger partial charge in [0.2, 0.25) is 11.8 Å². The maximum atomic E-state index is 13.6. The van der Waals surface area contributed by atoms with Gasteiger partial charge in [0.25, 0.3) is 17.7 Å². The molecule has 5 saturated heterocycles. The van der Waals surface area contributed by atoms with Crippen LogP contribution < -0.4 is 25.3 Å². The maximum absolute atomic E-state index is 13.6. The molecule has 306 valence electrons. The molecule has 0 aliphatic carbocycles. The van der Waals surface area contributed by atoms with E-state index in [-0.39, 0.29) is 46.9 Å². The van der Waals surface area contributed by atoms with Gasteiger partial charge in [0.15, 0.2) is 0 Å². The molecule has 2 atom stereocenters. The van der Waals surface area contributed by atoms with E-state index in [1.54, 1.807) is 12.1 Å². The summed E-state index contributed by atoms with van der Waals surface area (Å²) in [5, 5.41) is 15.9. The molecule has 6 heterocycles. The zero-order chi connectivity index (χ0) is 41.2. The highest BCUT2D eigenvalue weighted by Crippen LogP contribution is 2.46. The Bertz CT molecular complexity index is 2270. The normalized spacial score (nSPS) is 24.0. The Balaban J connectivity index is 0.734. The number of piperidine rings is 3. The number of nitriles is 1. The van der Waals surface area contributed by atoms with Crippen LogP contribution in [0.1, 0.15) is 95.4 Å². The minimum Gasteiger partial charge on any atom is -0.371 e. The number of hydrogen-bond acceptors (Lipinski definition) is 10. The summed E-state index contributed by atoms with van der Waals surface area (Å²) >= 11 is 6.38. The summed E-state index contributed by atoms with van der Waals surface area (Å²) in [4.78, 5) is 74.1. The molecule has 3 aromatic rings. The lowest BCUT2D eigenvalue weighted by Crippen LogP contribution is -2.70. The molecule has 14 heteroatoms. The smallest absolute Gasteiger partial charge is 0.262 e. The topological polar surface area (TPSA) is 149 Å². The fourth-order valence-corrected chi connectivity index (χ4v) is 10.7. The summed E-state index contributed by atoms with van der Waals surface area (Å²) < 4.78 is 0. The van der Waals surface area contributed by atoms with E-state index in [4.69, 9.17) is 11.6 Å². The number of benzene rings is 3. The van der Waals surface area contributed by atoms with Crippen molar-refractivity contribution in [3.05, 3.63) is 87.9 Å². The van der Waals surface area contributed by atoms with Crippen LogP contribution in [0.4, 0.5) is 17.1 Å². The predicted molar refractivity (Wildman–Crippen MR) is 224 cm³/mol. The monoisotopic (exact) mass is 816 g/mol. The van der Waals surface area contributed by atoms with Crippen LogP contribution in [0.5, 0.6) is 0 Å². The number of likely N-dealkylation sites (tertiary alicyclic amines) is 1. The van der Waals surface area contributed by atoms with Crippen molar-refractivity contribution in [3.8, 4) is 6.07 Å². The van der Waals surface area contributed by atoms with Gasteiger partial charge in [-0.05, 0) is 118 Å². The van der Waals surface area contributed by atoms with Crippen molar-refractivity contribution in [2.45, 2.75) is 82.5 Å². The second-order valence-electron chi connectivity index (χ2n) is 17.8. The summed E-state index contributed by atoms with van der Waals surface area (Å²) in [6.07, 6.45) is 5.25. The Kier molecular flexibility index (Phi) is 9.91. The molecule has 0 aromatic heterocycles. The van der Waals surface area contributed by atoms with E-state index < -0.39 is 29.7 Å². The Morgan fingerprint density at radius 2 is 1.51 bits per heavy atom. The molecule has 2 N–H and O–H groups in total. The molecular formula is C45H49ClN8O5. The van der Waals surface area contributed by atoms with Crippen LogP contribution in [0.3, 0.4) is 0 Å². The van der Waals surface area contributed by atoms with Crippen LogP contribution in [0.15, 0.2) is 60.7 Å². The standard InChI is InChI=1S/C45H49ClN8O5/c1-28-23-45(27-53(28)34-8-5-30(24-47)37(46)22-34)15-19-50(20-16-45)32-6-3-29(4-7-32)41(57)51-17-13-31(14-18-51)49-44(2)25-52(26-44)33-9-10-35-36(21-33)43(59)54(42(35)58)38-11-12-39(55)48-40(38)56/h3-10,21-22,28,31,38,49H,11-20,23,25-27H2,1-2H3,(H,48,55,56)/t28-,38?/m0/s1. The highest BCUT2D eigenvalue weighted by Gasteiger charge is 2.47. The van der Waals surface area contributed by atoms with Gasteiger partial charge in [-0.2, -0.15) is 5.26 Å². The predicted octanol–water partition coefficient (Wildman–Crippen LogP) is 4.97. The first-order valence-corrected chi connectivity index (χ1v) is 21.2. The second kappa shape index (κ2) is 15.0. The van der Waals surface area contributed by atoms with Gasteiger partial charge in [-0.25, -0.2) is 0 Å². The number of amides is 5. The Morgan fingerprint density at radius 3 is 2.19 bits per heavy atom. The molecule has 6 aliphatic rings. The van der Waals surface area contributed by atoms with Gasteiger partial charge in [0.05, 0.1) is 27.3 Å². The van der Waals surface area contributed by atoms with Crippen molar-refractivity contribution < 1.29 is 24.0 Å². The van der Waals surface area contributed by atoms with Crippen molar-refractivity contribution in [1.29, 1.82) is 5.26 Å². The number of carbonyl (C=O) groups excluding carboxylic acids is 5. The van der Waals surface area contributed by atoms with Crippen molar-refractivity contribution in [2.75, 3.05) is 60.5 Å². The van der Waals surface area contributed by atoms with Gasteiger partial charge in [0.1, 0.15) is 12.1 Å². The number of carbonyl (C=O) groups is 5. The molecular weight excluding hydrogens is 768 g/mol. The number of hydrogen-bond donors (Lipinski definition) is 2. The number of fused-ring (bicyclic) bond motifs is 1. The quantitative estimate of drug-likeness (QED) is 0.313. The van der Waals surface area contributed by atoms with Crippen LogP contribution in [0.25, 0.3) is 0 Å². The molecule has 0 radical (unpaired) electrons. The molecule has 0 bridgehead atoms. The summed E-state index contributed by atoms with van der Waals surface area (Å²) in [5.41, 5.74) is 4.95. The Hall–Kier alpha value is -5.45. The first-order chi connectivity index (χ1) is 28.3. The Morgan fingerprint density at radius 1 is 0.831 bits per heavy atom. The zero-order valence-corrected chi connectivity index (χ0v) is 34.3. The summed E-state index contributed by atoms with van der Waals surface area (Å²) in [5.74, 6) is -1.96. The molecule has 5 fully saturated rings. The molecule has 1 spiro atoms. The third kappa shape index (κ3) is 7.20. The first kappa shape index (κ1) is 39.0. The third-order valence-corrected chi connectivity index (χ3v) is 14.0. The van der Waals surface area contributed by atoms with Crippen molar-refractivity contribution in [1.82, 2.24) is 20.4 Å². The highest BCUT2D eigenvalue weighted by molar-refractivity contribution is 6.32. The average Bonchev–Trinajstić information content (AvgIpc) is 3.67. The molecule has 59 heavy (non-hydrogen) atoms. The maximum Gasteiger partial charge on any atom is 0.262 e. The van der Waals surface area contributed by atoms with E-state index in [0.717, 1.165) is 86.8 Å². The lowest BCUT2D eigenvalue weighted by molar-refractivity contribution is -0.136. The lowest BCUT2D eigenvalue weighted by Gasteiger charge is -2.52. The largest absolute Gasteiger partial charge is 0.371 e. The SMILES string of the molecule is C[C@H]1CC2(CCN(c3ccc(C(=O)N4CCC(NC5(C)CN(c6ccc7c(c6)C(=O)N(C6CCC(=O)NC6=O)C7=O)C5)CC4)cc3)CC2)CN1c1ccc(C#N)c(Cl)c1. The van der Waals surface area contributed by atoms with E-state index in [2.05, 4.69) is 57.4 Å². The summed E-state index contributed by atoms with van der Waals surface area (Å²) in [7, 11) is 0. The van der Waals surface area contributed by atoms with Crippen molar-refractivity contribution in [2.24, 2.45) is 5.41 Å². The summed E-state index contributed by atoms with van der Waals surface area (Å²) in [6, 6.07) is 21.0. The second-order valence-corrected chi connectivity index (χ2v) is 18.2. The van der Waals surface area contributed by atoms with Gasteiger partial charge >= 0.3 is 0 Å². The molecule has 13 nitrogen and oxygen atoms in total. The van der Waals surface area contributed by atoms with E-state index in [1.165, 1.54) is 0 Å². The molecule has 5 amide bonds. The minimum atomic E-state index is -0.986. The number of imide groups is 2. The minimum absolute atomic E-state index is 0.0670. The fraction of sp³-hybridized carbons (Fsp3) is 0.467. The molecule has 6 aliphatic heterocycles. The van der Waals surface area contributed by atoms with Gasteiger partial charge in [0, 0.05) is 86.9 Å². The van der Waals surface area contributed by atoms with Crippen LogP contribution in [0.2, 0.25) is 5.02 Å².